The molecule has 1 atom stereocenters. The van der Waals surface area contributed by atoms with Crippen molar-refractivity contribution in [2.45, 2.75) is 12.5 Å². The van der Waals surface area contributed by atoms with Crippen LogP contribution >= 0.6 is 23.2 Å². The number of phenolic OH excluding ortho intramolecular Hbond substituents is 1. The summed E-state index contributed by atoms with van der Waals surface area (Å²) in [6, 6.07) is 17.2. The molecule has 1 unspecified atom stereocenters. The van der Waals surface area contributed by atoms with E-state index in [1.165, 1.54) is 36.3 Å². The first-order valence-corrected chi connectivity index (χ1v) is 11.2. The number of Topliss-reactive ketones (excluding diaryl/α,β-unsaturated/α-hetero) is 1. The molecule has 2 N–H and O–H groups in total. The van der Waals surface area contributed by atoms with Crippen molar-refractivity contribution in [1.29, 1.82) is 0 Å². The van der Waals surface area contributed by atoms with Crippen LogP contribution in [0.1, 0.15) is 22.7 Å². The predicted octanol–water partition coefficient (Wildman–Crippen LogP) is 5.37. The highest BCUT2D eigenvalue weighted by molar-refractivity contribution is 6.46. The highest BCUT2D eigenvalue weighted by Crippen LogP contribution is 2.41. The number of likely N-dealkylation sites (tertiary alicyclic amines) is 1. The molecule has 0 aromatic heterocycles. The van der Waals surface area contributed by atoms with Crippen molar-refractivity contribution in [3.05, 3.63) is 99.0 Å². The van der Waals surface area contributed by atoms with Crippen molar-refractivity contribution < 1.29 is 24.5 Å². The van der Waals surface area contributed by atoms with Crippen molar-refractivity contribution in [2.24, 2.45) is 0 Å². The lowest BCUT2D eigenvalue weighted by Crippen LogP contribution is -2.31. The van der Waals surface area contributed by atoms with Crippen LogP contribution in [0.3, 0.4) is 0 Å². The van der Waals surface area contributed by atoms with Crippen molar-refractivity contribution in [3.8, 4) is 11.5 Å². The number of rotatable bonds is 6. The van der Waals surface area contributed by atoms with Gasteiger partial charge in [-0.15, -0.1) is 0 Å². The summed E-state index contributed by atoms with van der Waals surface area (Å²) in [5, 5.41) is 22.2. The fourth-order valence-corrected chi connectivity index (χ4v) is 4.34. The summed E-state index contributed by atoms with van der Waals surface area (Å²) in [6.45, 7) is 0.216. The summed E-state index contributed by atoms with van der Waals surface area (Å²) in [5.74, 6) is -1.60. The molecule has 4 rings (SSSR count). The third-order valence-corrected chi connectivity index (χ3v) is 6.27. The topological polar surface area (TPSA) is 87.1 Å². The Bertz CT molecular complexity index is 1290. The number of phenols is 1. The zero-order valence-corrected chi connectivity index (χ0v) is 19.7. The van der Waals surface area contributed by atoms with E-state index in [-0.39, 0.29) is 29.2 Å². The van der Waals surface area contributed by atoms with E-state index < -0.39 is 17.7 Å². The number of aromatic hydroxyl groups is 1. The van der Waals surface area contributed by atoms with Crippen LogP contribution in [0.5, 0.6) is 11.5 Å². The van der Waals surface area contributed by atoms with Crippen molar-refractivity contribution >= 4 is 40.7 Å². The van der Waals surface area contributed by atoms with Gasteiger partial charge in [-0.1, -0.05) is 47.5 Å². The van der Waals surface area contributed by atoms with E-state index in [1.807, 2.05) is 12.1 Å². The molecule has 8 heteroatoms. The van der Waals surface area contributed by atoms with E-state index in [0.717, 1.165) is 5.56 Å². The molecule has 1 amide bonds. The van der Waals surface area contributed by atoms with Crippen LogP contribution in [0, 0.1) is 0 Å². The highest BCUT2D eigenvalue weighted by Gasteiger charge is 2.46. The van der Waals surface area contributed by atoms with Gasteiger partial charge in [-0.25, -0.2) is 0 Å². The minimum Gasteiger partial charge on any atom is -0.508 e. The number of halogens is 2. The first-order valence-electron chi connectivity index (χ1n) is 10.5. The van der Waals surface area contributed by atoms with Gasteiger partial charge in [0.25, 0.3) is 11.7 Å². The molecule has 3 aromatic carbocycles. The number of ketones is 1. The van der Waals surface area contributed by atoms with Crippen LogP contribution < -0.4 is 4.74 Å². The van der Waals surface area contributed by atoms with Gasteiger partial charge in [0.2, 0.25) is 0 Å². The third kappa shape index (κ3) is 4.60. The maximum absolute atomic E-state index is 13.1. The molecule has 1 aliphatic heterocycles. The Morgan fingerprint density at radius 3 is 2.44 bits per heavy atom. The maximum atomic E-state index is 13.1. The van der Waals surface area contributed by atoms with Crippen molar-refractivity contribution in [3.63, 3.8) is 0 Å². The smallest absolute Gasteiger partial charge is 0.295 e. The van der Waals surface area contributed by atoms with Gasteiger partial charge in [-0.3, -0.25) is 9.59 Å². The summed E-state index contributed by atoms with van der Waals surface area (Å²) in [7, 11) is 1.44. The zero-order valence-electron chi connectivity index (χ0n) is 18.2. The van der Waals surface area contributed by atoms with E-state index in [4.69, 9.17) is 27.9 Å². The fraction of sp³-hybridized carbons (Fsp3) is 0.154. The molecule has 34 heavy (non-hydrogen) atoms. The fourth-order valence-electron chi connectivity index (χ4n) is 4.02. The van der Waals surface area contributed by atoms with Crippen LogP contribution in [0.2, 0.25) is 10.0 Å². The summed E-state index contributed by atoms with van der Waals surface area (Å²) >= 11 is 12.1. The van der Waals surface area contributed by atoms with Gasteiger partial charge in [0, 0.05) is 17.1 Å². The van der Waals surface area contributed by atoms with Gasteiger partial charge in [-0.05, 0) is 60.0 Å². The van der Waals surface area contributed by atoms with Gasteiger partial charge >= 0.3 is 0 Å². The van der Waals surface area contributed by atoms with E-state index in [2.05, 4.69) is 0 Å². The quantitative estimate of drug-likeness (QED) is 0.271. The molecule has 1 aliphatic rings. The first-order chi connectivity index (χ1) is 16.3. The predicted molar refractivity (Wildman–Crippen MR) is 130 cm³/mol. The summed E-state index contributed by atoms with van der Waals surface area (Å²) in [5.41, 5.74) is 1.64. The monoisotopic (exact) mass is 497 g/mol. The molecule has 1 heterocycles. The number of amides is 1. The van der Waals surface area contributed by atoms with Crippen molar-refractivity contribution in [1.82, 2.24) is 4.90 Å². The van der Waals surface area contributed by atoms with Gasteiger partial charge in [0.1, 0.15) is 17.3 Å². The molecule has 3 aromatic rings. The number of ether oxygens (including phenoxy) is 1. The summed E-state index contributed by atoms with van der Waals surface area (Å²) in [6.07, 6.45) is 0.467. The Morgan fingerprint density at radius 2 is 1.76 bits per heavy atom. The molecule has 1 fully saturated rings. The molecular formula is C26H21Cl2NO5. The molecule has 1 saturated heterocycles. The second kappa shape index (κ2) is 9.79. The van der Waals surface area contributed by atoms with Gasteiger partial charge < -0.3 is 19.8 Å². The van der Waals surface area contributed by atoms with E-state index in [1.54, 1.807) is 30.3 Å². The Morgan fingerprint density at radius 1 is 1.03 bits per heavy atom. The average Bonchev–Trinajstić information content (AvgIpc) is 3.08. The number of aliphatic hydroxyl groups is 1. The zero-order chi connectivity index (χ0) is 24.4. The standard InChI is InChI=1S/C26H21Cl2NO5/c1-34-21-14-17(7-10-20(21)28)24(31)22-23(16-3-2-4-19(30)13-16)29(26(33)25(22)32)12-11-15-5-8-18(27)9-6-15/h2-10,13-14,23,30-31H,11-12H2,1H3/b24-22-. The number of carbonyl (C=O) groups excluding carboxylic acids is 2. The Hall–Kier alpha value is -3.48. The lowest BCUT2D eigenvalue weighted by Gasteiger charge is -2.25. The number of methoxy groups -OCH3 is 1. The minimum atomic E-state index is -0.888. The highest BCUT2D eigenvalue weighted by atomic mass is 35.5. The summed E-state index contributed by atoms with van der Waals surface area (Å²) < 4.78 is 5.22. The largest absolute Gasteiger partial charge is 0.508 e. The number of benzene rings is 3. The van der Waals surface area contributed by atoms with Crippen LogP contribution in [-0.4, -0.2) is 40.5 Å². The normalized spacial score (nSPS) is 17.3. The number of aliphatic hydroxyl groups excluding tert-OH is 1. The SMILES string of the molecule is COc1cc(/C(O)=C2/C(=O)C(=O)N(CCc3ccc(Cl)cc3)C2c2cccc(O)c2)ccc1Cl. The number of hydrogen-bond acceptors (Lipinski definition) is 5. The molecule has 174 valence electrons. The second-order valence-corrected chi connectivity index (χ2v) is 8.66. The van der Waals surface area contributed by atoms with Gasteiger partial charge in [0.15, 0.2) is 0 Å². The molecule has 0 saturated carbocycles. The lowest BCUT2D eigenvalue weighted by molar-refractivity contribution is -0.139. The number of nitrogens with zero attached hydrogens (tertiary/aromatic N) is 1. The van der Waals surface area contributed by atoms with Crippen LogP contribution in [0.4, 0.5) is 0 Å². The summed E-state index contributed by atoms with van der Waals surface area (Å²) in [4.78, 5) is 27.6. The van der Waals surface area contributed by atoms with Crippen LogP contribution in [0.15, 0.2) is 72.3 Å². The average molecular weight is 498 g/mol. The molecule has 0 radical (unpaired) electrons. The van der Waals surface area contributed by atoms with Gasteiger partial charge in [0.05, 0.1) is 23.7 Å². The minimum absolute atomic E-state index is 0.0195. The molecule has 0 aliphatic carbocycles. The van der Waals surface area contributed by atoms with E-state index in [9.17, 15) is 19.8 Å². The Kier molecular flexibility index (Phi) is 6.82. The number of carbonyl (C=O) groups is 2. The van der Waals surface area contributed by atoms with Crippen LogP contribution in [0.25, 0.3) is 5.76 Å². The van der Waals surface area contributed by atoms with Crippen LogP contribution in [-0.2, 0) is 16.0 Å². The number of hydrogen-bond donors (Lipinski definition) is 2. The van der Waals surface area contributed by atoms with E-state index in [0.29, 0.717) is 27.8 Å². The van der Waals surface area contributed by atoms with Crippen molar-refractivity contribution in [2.75, 3.05) is 13.7 Å². The molecular weight excluding hydrogens is 477 g/mol. The molecule has 0 spiro atoms. The van der Waals surface area contributed by atoms with Gasteiger partial charge in [-0.2, -0.15) is 0 Å². The lowest BCUT2D eigenvalue weighted by atomic mass is 9.95. The second-order valence-electron chi connectivity index (χ2n) is 7.81. The third-order valence-electron chi connectivity index (χ3n) is 5.71. The first kappa shape index (κ1) is 23.7. The Balaban J connectivity index is 1.79. The maximum Gasteiger partial charge on any atom is 0.295 e. The molecule has 6 nitrogen and oxygen atoms in total. The molecule has 0 bridgehead atoms. The van der Waals surface area contributed by atoms with E-state index >= 15 is 0 Å². The Labute approximate surface area is 206 Å².